The van der Waals surface area contributed by atoms with Gasteiger partial charge in [-0.3, -0.25) is 4.79 Å². The molecular formula is C22H33NO6. The van der Waals surface area contributed by atoms with Crippen molar-refractivity contribution >= 4 is 18.0 Å². The van der Waals surface area contributed by atoms with E-state index in [-0.39, 0.29) is 24.8 Å². The maximum absolute atomic E-state index is 12.3. The van der Waals surface area contributed by atoms with Crippen LogP contribution in [0, 0.1) is 0 Å². The first-order valence-electron chi connectivity index (χ1n) is 10.1. The molecule has 1 aromatic rings. The quantitative estimate of drug-likeness (QED) is 0.318. The summed E-state index contributed by atoms with van der Waals surface area (Å²) in [5, 5.41) is 2.59. The first-order chi connectivity index (χ1) is 13.8. The second-order valence-electron chi connectivity index (χ2n) is 7.38. The molecule has 0 aromatic heterocycles. The number of unbranched alkanes of at least 4 members (excludes halogenated alkanes) is 2. The fourth-order valence-corrected chi connectivity index (χ4v) is 2.59. The third kappa shape index (κ3) is 11.8. The number of carbonyl (C=O) groups excluding carboxylic acids is 3. The molecule has 7 nitrogen and oxygen atoms in total. The van der Waals surface area contributed by atoms with Crippen molar-refractivity contribution in [2.75, 3.05) is 0 Å². The third-order valence-electron chi connectivity index (χ3n) is 3.88. The predicted octanol–water partition coefficient (Wildman–Crippen LogP) is 4.14. The molecule has 1 amide bonds. The highest BCUT2D eigenvalue weighted by molar-refractivity contribution is 5.81. The van der Waals surface area contributed by atoms with Gasteiger partial charge in [0.1, 0.15) is 12.6 Å². The normalized spacial score (nSPS) is 11.8. The molecule has 0 aliphatic rings. The van der Waals surface area contributed by atoms with Gasteiger partial charge in [-0.15, -0.1) is 0 Å². The SMILES string of the molecule is CC(C)OC(=O)CCCCCC(NC(=O)OCc1ccccc1)C(=O)OC(C)C. The highest BCUT2D eigenvalue weighted by Gasteiger charge is 2.23. The van der Waals surface area contributed by atoms with Gasteiger partial charge >= 0.3 is 18.0 Å². The number of amides is 1. The number of nitrogens with one attached hydrogen (secondary N) is 1. The Morgan fingerprint density at radius 3 is 2.17 bits per heavy atom. The zero-order valence-corrected chi connectivity index (χ0v) is 17.8. The highest BCUT2D eigenvalue weighted by atomic mass is 16.6. The summed E-state index contributed by atoms with van der Waals surface area (Å²) in [6.07, 6.45) is 1.74. The molecule has 29 heavy (non-hydrogen) atoms. The minimum atomic E-state index is -0.789. The van der Waals surface area contributed by atoms with Crippen LogP contribution in [0.25, 0.3) is 0 Å². The topological polar surface area (TPSA) is 90.9 Å². The van der Waals surface area contributed by atoms with E-state index in [0.717, 1.165) is 12.0 Å². The minimum absolute atomic E-state index is 0.121. The summed E-state index contributed by atoms with van der Waals surface area (Å²) in [4.78, 5) is 35.9. The molecule has 0 aliphatic carbocycles. The van der Waals surface area contributed by atoms with Crippen LogP contribution in [0.3, 0.4) is 0 Å². The van der Waals surface area contributed by atoms with Crippen molar-refractivity contribution in [1.29, 1.82) is 0 Å². The summed E-state index contributed by atoms with van der Waals surface area (Å²) >= 11 is 0. The first kappa shape index (κ1) is 24.5. The summed E-state index contributed by atoms with van der Waals surface area (Å²) in [6.45, 7) is 7.25. The largest absolute Gasteiger partial charge is 0.463 e. The lowest BCUT2D eigenvalue weighted by atomic mass is 10.1. The Kier molecular flexibility index (Phi) is 11.5. The molecule has 1 N–H and O–H groups in total. The smallest absolute Gasteiger partial charge is 0.408 e. The minimum Gasteiger partial charge on any atom is -0.463 e. The molecule has 0 heterocycles. The number of alkyl carbamates (subject to hydrolysis) is 1. The van der Waals surface area contributed by atoms with Gasteiger partial charge in [0.25, 0.3) is 0 Å². The average molecular weight is 408 g/mol. The summed E-state index contributed by atoms with van der Waals surface area (Å²) in [5.41, 5.74) is 0.859. The zero-order chi connectivity index (χ0) is 21.6. The maximum Gasteiger partial charge on any atom is 0.408 e. The third-order valence-corrected chi connectivity index (χ3v) is 3.88. The van der Waals surface area contributed by atoms with Gasteiger partial charge < -0.3 is 19.5 Å². The van der Waals surface area contributed by atoms with E-state index < -0.39 is 18.1 Å². The summed E-state index contributed by atoms with van der Waals surface area (Å²) in [7, 11) is 0. The van der Waals surface area contributed by atoms with E-state index in [9.17, 15) is 14.4 Å². The molecule has 0 fully saturated rings. The van der Waals surface area contributed by atoms with Crippen molar-refractivity contribution in [2.45, 2.75) is 84.7 Å². The average Bonchev–Trinajstić information content (AvgIpc) is 2.64. The molecule has 0 aliphatic heterocycles. The van der Waals surface area contributed by atoms with Crippen LogP contribution < -0.4 is 5.32 Å². The van der Waals surface area contributed by atoms with E-state index in [1.807, 2.05) is 44.2 Å². The zero-order valence-electron chi connectivity index (χ0n) is 17.8. The van der Waals surface area contributed by atoms with Crippen LogP contribution >= 0.6 is 0 Å². The van der Waals surface area contributed by atoms with Gasteiger partial charge in [-0.1, -0.05) is 43.2 Å². The number of hydrogen-bond acceptors (Lipinski definition) is 6. The fourth-order valence-electron chi connectivity index (χ4n) is 2.59. The molecule has 162 valence electrons. The van der Waals surface area contributed by atoms with Crippen LogP contribution in [0.5, 0.6) is 0 Å². The van der Waals surface area contributed by atoms with E-state index in [2.05, 4.69) is 5.32 Å². The van der Waals surface area contributed by atoms with Gasteiger partial charge in [0, 0.05) is 6.42 Å². The molecule has 1 rings (SSSR count). The molecule has 1 unspecified atom stereocenters. The number of hydrogen-bond donors (Lipinski definition) is 1. The van der Waals surface area contributed by atoms with Crippen molar-refractivity contribution < 1.29 is 28.6 Å². The predicted molar refractivity (Wildman–Crippen MR) is 109 cm³/mol. The van der Waals surface area contributed by atoms with Gasteiger partial charge in [-0.05, 0) is 46.1 Å². The second-order valence-corrected chi connectivity index (χ2v) is 7.38. The van der Waals surface area contributed by atoms with Crippen molar-refractivity contribution in [3.63, 3.8) is 0 Å². The number of ether oxygens (including phenoxy) is 3. The molecule has 7 heteroatoms. The number of benzene rings is 1. The van der Waals surface area contributed by atoms with E-state index >= 15 is 0 Å². The summed E-state index contributed by atoms with van der Waals surface area (Å²) < 4.78 is 15.5. The van der Waals surface area contributed by atoms with Gasteiger partial charge in [0.05, 0.1) is 12.2 Å². The Labute approximate surface area is 173 Å². The van der Waals surface area contributed by atoms with Gasteiger partial charge in [-0.2, -0.15) is 0 Å². The Bertz CT molecular complexity index is 629. The first-order valence-corrected chi connectivity index (χ1v) is 10.1. The molecule has 0 bridgehead atoms. The van der Waals surface area contributed by atoms with Crippen LogP contribution in [0.2, 0.25) is 0 Å². The van der Waals surface area contributed by atoms with Gasteiger partial charge in [0.15, 0.2) is 0 Å². The van der Waals surface area contributed by atoms with Crippen molar-refractivity contribution in [3.8, 4) is 0 Å². The molecule has 0 saturated heterocycles. The Morgan fingerprint density at radius 1 is 0.897 bits per heavy atom. The van der Waals surface area contributed by atoms with Gasteiger partial charge in [-0.25, -0.2) is 9.59 Å². The van der Waals surface area contributed by atoms with Crippen LogP contribution in [0.4, 0.5) is 4.79 Å². The van der Waals surface area contributed by atoms with Crippen molar-refractivity contribution in [1.82, 2.24) is 5.32 Å². The van der Waals surface area contributed by atoms with Crippen molar-refractivity contribution in [2.24, 2.45) is 0 Å². The lowest BCUT2D eigenvalue weighted by Gasteiger charge is -2.19. The van der Waals surface area contributed by atoms with Gasteiger partial charge in [0.2, 0.25) is 0 Å². The molecule has 1 atom stereocenters. The van der Waals surface area contributed by atoms with E-state index in [0.29, 0.717) is 25.7 Å². The molecule has 0 spiro atoms. The number of esters is 2. The van der Waals surface area contributed by atoms with E-state index in [1.54, 1.807) is 13.8 Å². The van der Waals surface area contributed by atoms with Crippen molar-refractivity contribution in [3.05, 3.63) is 35.9 Å². The lowest BCUT2D eigenvalue weighted by molar-refractivity contribution is -0.150. The van der Waals surface area contributed by atoms with Crippen LogP contribution in [-0.2, 0) is 30.4 Å². The molecule has 0 saturated carbocycles. The molecule has 1 aromatic carbocycles. The molecule has 0 radical (unpaired) electrons. The standard InChI is InChI=1S/C22H33NO6/c1-16(2)28-20(24)14-10-6-9-13-19(21(25)29-17(3)4)23-22(26)27-15-18-11-7-5-8-12-18/h5,7-8,11-12,16-17,19H,6,9-10,13-15H2,1-4H3,(H,23,26). The van der Waals surface area contributed by atoms with Crippen LogP contribution in [-0.4, -0.2) is 36.3 Å². The number of rotatable bonds is 12. The Morgan fingerprint density at radius 2 is 1.55 bits per heavy atom. The lowest BCUT2D eigenvalue weighted by Crippen LogP contribution is -2.42. The maximum atomic E-state index is 12.3. The Balaban J connectivity index is 2.43. The highest BCUT2D eigenvalue weighted by Crippen LogP contribution is 2.10. The number of carbonyl (C=O) groups is 3. The summed E-state index contributed by atoms with van der Waals surface area (Å²) in [5.74, 6) is -0.714. The van der Waals surface area contributed by atoms with E-state index in [1.165, 1.54) is 0 Å². The van der Waals surface area contributed by atoms with Crippen LogP contribution in [0.1, 0.15) is 65.4 Å². The second kappa shape index (κ2) is 13.6. The summed E-state index contributed by atoms with van der Waals surface area (Å²) in [6, 6.07) is 8.50. The fraction of sp³-hybridized carbons (Fsp3) is 0.591. The molecular weight excluding hydrogens is 374 g/mol. The van der Waals surface area contributed by atoms with Crippen LogP contribution in [0.15, 0.2) is 30.3 Å². The monoisotopic (exact) mass is 407 g/mol. The van der Waals surface area contributed by atoms with E-state index in [4.69, 9.17) is 14.2 Å². The Hall–Kier alpha value is -2.57.